The molecule has 1 aromatic carbocycles. The van der Waals surface area contributed by atoms with Crippen LogP contribution in [0.3, 0.4) is 0 Å². The van der Waals surface area contributed by atoms with Gasteiger partial charge < -0.3 is 25.4 Å². The predicted octanol–water partition coefficient (Wildman–Crippen LogP) is 0.591. The number of H-pyrrole nitrogens is 1. The molecule has 0 aliphatic rings. The molecule has 1 aromatic heterocycles. The number of nitrogens with zero attached hydrogens (tertiary/aromatic N) is 1. The molecule has 0 saturated heterocycles. The van der Waals surface area contributed by atoms with E-state index in [-0.39, 0.29) is 5.69 Å². The number of benzene rings is 1. The van der Waals surface area contributed by atoms with Gasteiger partial charge in [-0.3, -0.25) is 4.57 Å². The minimum absolute atomic E-state index is 0.264. The number of hydrogen-bond acceptors (Lipinski definition) is 5. The average Bonchev–Trinajstić information content (AvgIpc) is 2.87. The number of aliphatic hydroxyl groups is 4. The van der Waals surface area contributed by atoms with Crippen LogP contribution in [0.5, 0.6) is 0 Å². The van der Waals surface area contributed by atoms with Gasteiger partial charge in [0.15, 0.2) is 4.77 Å². The molecule has 0 unspecified atom stereocenters. The monoisotopic (exact) mass is 310 g/mol. The second-order valence-electron chi connectivity index (χ2n) is 4.91. The highest BCUT2D eigenvalue weighted by molar-refractivity contribution is 7.71. The molecule has 0 bridgehead atoms. The Hall–Kier alpha value is -1.51. The highest BCUT2D eigenvalue weighted by Gasteiger charge is 2.27. The van der Waals surface area contributed by atoms with E-state index in [0.717, 1.165) is 11.3 Å². The Morgan fingerprint density at radius 1 is 1.19 bits per heavy atom. The van der Waals surface area contributed by atoms with Gasteiger partial charge in [0.1, 0.15) is 18.3 Å². The fourth-order valence-corrected chi connectivity index (χ4v) is 2.24. The van der Waals surface area contributed by atoms with Crippen LogP contribution in [0.25, 0.3) is 5.69 Å². The maximum atomic E-state index is 10.0. The molecule has 0 amide bonds. The van der Waals surface area contributed by atoms with Crippen LogP contribution < -0.4 is 0 Å². The van der Waals surface area contributed by atoms with Crippen LogP contribution >= 0.6 is 12.2 Å². The highest BCUT2D eigenvalue weighted by Crippen LogP contribution is 2.20. The average molecular weight is 310 g/mol. The van der Waals surface area contributed by atoms with Gasteiger partial charge in [0, 0.05) is 11.9 Å². The van der Waals surface area contributed by atoms with Crippen LogP contribution in [0.15, 0.2) is 30.5 Å². The van der Waals surface area contributed by atoms with Crippen LogP contribution in [0.4, 0.5) is 0 Å². The zero-order valence-electron chi connectivity index (χ0n) is 11.5. The Morgan fingerprint density at radius 2 is 1.81 bits per heavy atom. The number of imidazole rings is 1. The molecule has 114 valence electrons. The smallest absolute Gasteiger partial charge is 0.182 e. The van der Waals surface area contributed by atoms with E-state index in [1.54, 1.807) is 10.8 Å². The van der Waals surface area contributed by atoms with Gasteiger partial charge in [-0.25, -0.2) is 0 Å². The minimum Gasteiger partial charge on any atom is -0.394 e. The Balaban J connectivity index is 2.31. The van der Waals surface area contributed by atoms with Crippen molar-refractivity contribution < 1.29 is 20.4 Å². The molecule has 2 rings (SSSR count). The molecule has 6 nitrogen and oxygen atoms in total. The standard InChI is InChI=1S/C14H18N2O4S/c1-8-2-4-9(5-3-8)16-6-10(15-14(16)21)12(19)13(20)11(18)7-17/h2-6,11-13,17-20H,7H2,1H3,(H,15,21)/t11-,12-,13-/m1/s1. The van der Waals surface area contributed by atoms with Gasteiger partial charge in [0.05, 0.1) is 12.3 Å². The van der Waals surface area contributed by atoms with E-state index in [1.165, 1.54) is 0 Å². The molecule has 0 spiro atoms. The number of rotatable bonds is 5. The van der Waals surface area contributed by atoms with Gasteiger partial charge in [-0.2, -0.15) is 0 Å². The molecule has 0 radical (unpaired) electrons. The van der Waals surface area contributed by atoms with E-state index in [0.29, 0.717) is 4.77 Å². The fraction of sp³-hybridized carbons (Fsp3) is 0.357. The Labute approximate surface area is 126 Å². The first-order chi connectivity index (χ1) is 9.93. The van der Waals surface area contributed by atoms with E-state index < -0.39 is 24.9 Å². The van der Waals surface area contributed by atoms with E-state index in [1.807, 2.05) is 31.2 Å². The van der Waals surface area contributed by atoms with Crippen molar-refractivity contribution in [2.75, 3.05) is 6.61 Å². The quantitative estimate of drug-likeness (QED) is 0.520. The summed E-state index contributed by atoms with van der Waals surface area (Å²) in [6, 6.07) is 7.64. The molecule has 21 heavy (non-hydrogen) atoms. The van der Waals surface area contributed by atoms with Gasteiger partial charge in [-0.15, -0.1) is 0 Å². The largest absolute Gasteiger partial charge is 0.394 e. The van der Waals surface area contributed by atoms with Crippen molar-refractivity contribution in [2.24, 2.45) is 0 Å². The molecule has 7 heteroatoms. The summed E-state index contributed by atoms with van der Waals surface area (Å²) in [5, 5.41) is 37.9. The molecule has 0 aliphatic heterocycles. The van der Waals surface area contributed by atoms with Gasteiger partial charge >= 0.3 is 0 Å². The third kappa shape index (κ3) is 3.39. The second-order valence-corrected chi connectivity index (χ2v) is 5.29. The lowest BCUT2D eigenvalue weighted by Crippen LogP contribution is -2.34. The molecule has 0 saturated carbocycles. The maximum absolute atomic E-state index is 10.0. The fourth-order valence-electron chi connectivity index (χ4n) is 1.96. The van der Waals surface area contributed by atoms with E-state index >= 15 is 0 Å². The molecule has 3 atom stereocenters. The maximum Gasteiger partial charge on any atom is 0.182 e. The topological polar surface area (TPSA) is 102 Å². The van der Waals surface area contributed by atoms with E-state index in [2.05, 4.69) is 4.98 Å². The summed E-state index contributed by atoms with van der Waals surface area (Å²) in [7, 11) is 0. The molecule has 2 aromatic rings. The Bertz CT molecular complexity index is 650. The molecular weight excluding hydrogens is 292 g/mol. The molecule has 5 N–H and O–H groups in total. The van der Waals surface area contributed by atoms with Crippen molar-refractivity contribution in [3.63, 3.8) is 0 Å². The summed E-state index contributed by atoms with van der Waals surface area (Å²) in [5.74, 6) is 0. The van der Waals surface area contributed by atoms with Crippen molar-refractivity contribution in [1.82, 2.24) is 9.55 Å². The third-order valence-electron chi connectivity index (χ3n) is 3.27. The van der Waals surface area contributed by atoms with Crippen LogP contribution in [0.1, 0.15) is 17.4 Å². The first kappa shape index (κ1) is 15.9. The summed E-state index contributed by atoms with van der Waals surface area (Å²) in [5.41, 5.74) is 2.20. The van der Waals surface area contributed by atoms with Crippen LogP contribution in [-0.4, -0.2) is 48.8 Å². The summed E-state index contributed by atoms with van der Waals surface area (Å²) in [6.45, 7) is 1.33. The normalized spacial score (nSPS) is 15.7. The predicted molar refractivity (Wildman–Crippen MR) is 79.7 cm³/mol. The lowest BCUT2D eigenvalue weighted by Gasteiger charge is -2.20. The number of nitrogens with one attached hydrogen (secondary N) is 1. The first-order valence-corrected chi connectivity index (χ1v) is 6.88. The van der Waals surface area contributed by atoms with Crippen LogP contribution in [0, 0.1) is 11.7 Å². The van der Waals surface area contributed by atoms with Crippen molar-refractivity contribution in [3.05, 3.63) is 46.5 Å². The van der Waals surface area contributed by atoms with E-state index in [9.17, 15) is 15.3 Å². The molecule has 1 heterocycles. The van der Waals surface area contributed by atoms with Crippen molar-refractivity contribution in [1.29, 1.82) is 0 Å². The van der Waals surface area contributed by atoms with Crippen molar-refractivity contribution >= 4 is 12.2 Å². The van der Waals surface area contributed by atoms with Gasteiger partial charge in [0.2, 0.25) is 0 Å². The zero-order valence-corrected chi connectivity index (χ0v) is 12.3. The van der Waals surface area contributed by atoms with Crippen molar-refractivity contribution in [2.45, 2.75) is 25.2 Å². The van der Waals surface area contributed by atoms with Gasteiger partial charge in [-0.05, 0) is 31.3 Å². The third-order valence-corrected chi connectivity index (χ3v) is 3.57. The zero-order chi connectivity index (χ0) is 15.6. The SMILES string of the molecule is Cc1ccc(-n2cc([C@@H](O)[C@H](O)[C@H](O)CO)[nH]c2=S)cc1. The Morgan fingerprint density at radius 3 is 2.38 bits per heavy atom. The lowest BCUT2D eigenvalue weighted by atomic mass is 10.1. The number of aryl methyl sites for hydroxylation is 1. The summed E-state index contributed by atoms with van der Waals surface area (Å²) < 4.78 is 2.02. The number of aliphatic hydroxyl groups excluding tert-OH is 4. The summed E-state index contributed by atoms with van der Waals surface area (Å²) in [6.07, 6.45) is -2.75. The number of hydrogen-bond donors (Lipinski definition) is 5. The Kier molecular flexibility index (Phi) is 4.92. The second kappa shape index (κ2) is 6.50. The van der Waals surface area contributed by atoms with E-state index in [4.69, 9.17) is 17.3 Å². The molecule has 0 fully saturated rings. The summed E-state index contributed by atoms with van der Waals surface area (Å²) in [4.78, 5) is 2.79. The first-order valence-electron chi connectivity index (χ1n) is 6.47. The molecule has 0 aliphatic carbocycles. The number of aromatic nitrogens is 2. The number of aromatic amines is 1. The van der Waals surface area contributed by atoms with Crippen LogP contribution in [-0.2, 0) is 0 Å². The highest BCUT2D eigenvalue weighted by atomic mass is 32.1. The van der Waals surface area contributed by atoms with Gasteiger partial charge in [0.25, 0.3) is 0 Å². The summed E-state index contributed by atoms with van der Waals surface area (Å²) >= 11 is 5.19. The van der Waals surface area contributed by atoms with Gasteiger partial charge in [-0.1, -0.05) is 17.7 Å². The lowest BCUT2D eigenvalue weighted by molar-refractivity contribution is -0.0788. The van der Waals surface area contributed by atoms with Crippen LogP contribution in [0.2, 0.25) is 0 Å². The molecular formula is C14H18N2O4S. The van der Waals surface area contributed by atoms with Crippen molar-refractivity contribution in [3.8, 4) is 5.69 Å². The minimum atomic E-state index is -1.51.